The topological polar surface area (TPSA) is 73.3 Å². The Hall–Kier alpha value is -2.63. The van der Waals surface area contributed by atoms with Gasteiger partial charge in [0.1, 0.15) is 0 Å². The Bertz CT molecular complexity index is 626. The molecular weight excluding hydrogens is 246 g/mol. The molecule has 1 aromatic carbocycles. The molecule has 0 aliphatic carbocycles. The highest BCUT2D eigenvalue weighted by atomic mass is 16.7. The Labute approximate surface area is 109 Å². The molecule has 0 bridgehead atoms. The Morgan fingerprint density at radius 2 is 2.00 bits per heavy atom. The summed E-state index contributed by atoms with van der Waals surface area (Å²) in [4.78, 5) is 11.9. The van der Waals surface area contributed by atoms with Crippen molar-refractivity contribution in [2.24, 2.45) is 0 Å². The van der Waals surface area contributed by atoms with E-state index in [2.05, 4.69) is 15.5 Å². The van der Waals surface area contributed by atoms with Crippen LogP contribution in [0.15, 0.2) is 30.3 Å². The number of benzene rings is 1. The smallest absolute Gasteiger partial charge is 0.276 e. The Kier molecular flexibility index (Phi) is 2.75. The van der Waals surface area contributed by atoms with Gasteiger partial charge in [0.25, 0.3) is 5.91 Å². The normalized spacial score (nSPS) is 12.3. The van der Waals surface area contributed by atoms with Crippen molar-refractivity contribution in [3.05, 3.63) is 41.7 Å². The standard InChI is InChI=1S/C13H11N3O3/c1-8-2-4-10(16-15-8)13(17)14-9-3-5-11-12(6-9)19-7-18-11/h2-6H,7H2,1H3,(H,14,17). The fourth-order valence-electron chi connectivity index (χ4n) is 1.69. The molecular formula is C13H11N3O3. The molecule has 96 valence electrons. The lowest BCUT2D eigenvalue weighted by Crippen LogP contribution is -2.14. The number of ether oxygens (including phenoxy) is 2. The van der Waals surface area contributed by atoms with Gasteiger partial charge in [-0.25, -0.2) is 0 Å². The van der Waals surface area contributed by atoms with Crippen LogP contribution in [0.5, 0.6) is 11.5 Å². The minimum Gasteiger partial charge on any atom is -0.454 e. The van der Waals surface area contributed by atoms with Crippen LogP contribution in [-0.4, -0.2) is 22.9 Å². The number of fused-ring (bicyclic) bond motifs is 1. The van der Waals surface area contributed by atoms with Gasteiger partial charge in [-0.1, -0.05) is 0 Å². The molecule has 1 aromatic heterocycles. The second kappa shape index (κ2) is 4.56. The third-order valence-corrected chi connectivity index (χ3v) is 2.66. The van der Waals surface area contributed by atoms with Crippen LogP contribution in [0.1, 0.15) is 16.2 Å². The van der Waals surface area contributed by atoms with Crippen LogP contribution in [0, 0.1) is 6.92 Å². The van der Waals surface area contributed by atoms with E-state index >= 15 is 0 Å². The van der Waals surface area contributed by atoms with Crippen molar-refractivity contribution in [2.75, 3.05) is 12.1 Å². The first-order valence-corrected chi connectivity index (χ1v) is 5.74. The highest BCUT2D eigenvalue weighted by Gasteiger charge is 2.15. The molecule has 1 aliphatic rings. The summed E-state index contributed by atoms with van der Waals surface area (Å²) < 4.78 is 10.4. The molecule has 0 spiro atoms. The molecule has 0 saturated carbocycles. The van der Waals surface area contributed by atoms with Gasteiger partial charge in [0.15, 0.2) is 17.2 Å². The first-order valence-electron chi connectivity index (χ1n) is 5.74. The summed E-state index contributed by atoms with van der Waals surface area (Å²) in [7, 11) is 0. The number of hydrogen-bond acceptors (Lipinski definition) is 5. The minimum atomic E-state index is -0.314. The van der Waals surface area contributed by atoms with Gasteiger partial charge in [-0.3, -0.25) is 4.79 Å². The maximum absolute atomic E-state index is 11.9. The van der Waals surface area contributed by atoms with Gasteiger partial charge in [-0.15, -0.1) is 5.10 Å². The van der Waals surface area contributed by atoms with Crippen LogP contribution >= 0.6 is 0 Å². The van der Waals surface area contributed by atoms with Crippen molar-refractivity contribution in [1.82, 2.24) is 10.2 Å². The molecule has 6 heteroatoms. The summed E-state index contributed by atoms with van der Waals surface area (Å²) in [5.41, 5.74) is 1.65. The maximum Gasteiger partial charge on any atom is 0.276 e. The third-order valence-electron chi connectivity index (χ3n) is 2.66. The molecule has 1 aliphatic heterocycles. The second-order valence-electron chi connectivity index (χ2n) is 4.08. The van der Waals surface area contributed by atoms with Gasteiger partial charge in [-0.05, 0) is 31.2 Å². The van der Waals surface area contributed by atoms with Gasteiger partial charge in [0.2, 0.25) is 6.79 Å². The fourth-order valence-corrected chi connectivity index (χ4v) is 1.69. The molecule has 3 rings (SSSR count). The van der Waals surface area contributed by atoms with Crippen LogP contribution in [0.2, 0.25) is 0 Å². The molecule has 1 N–H and O–H groups in total. The number of amides is 1. The van der Waals surface area contributed by atoms with Gasteiger partial charge in [0, 0.05) is 11.8 Å². The number of anilines is 1. The van der Waals surface area contributed by atoms with Crippen molar-refractivity contribution < 1.29 is 14.3 Å². The van der Waals surface area contributed by atoms with E-state index in [-0.39, 0.29) is 18.4 Å². The molecule has 0 radical (unpaired) electrons. The highest BCUT2D eigenvalue weighted by Crippen LogP contribution is 2.34. The quantitative estimate of drug-likeness (QED) is 0.887. The average molecular weight is 257 g/mol. The Morgan fingerprint density at radius 1 is 1.16 bits per heavy atom. The molecule has 2 heterocycles. The number of carbonyl (C=O) groups is 1. The molecule has 0 saturated heterocycles. The lowest BCUT2D eigenvalue weighted by atomic mass is 10.2. The predicted molar refractivity (Wildman–Crippen MR) is 67.3 cm³/mol. The minimum absolute atomic E-state index is 0.205. The number of aryl methyl sites for hydroxylation is 1. The monoisotopic (exact) mass is 257 g/mol. The van der Waals surface area contributed by atoms with E-state index in [1.165, 1.54) is 0 Å². The molecule has 0 fully saturated rings. The predicted octanol–water partition coefficient (Wildman–Crippen LogP) is 1.77. The van der Waals surface area contributed by atoms with E-state index in [1.54, 1.807) is 30.3 Å². The van der Waals surface area contributed by atoms with E-state index in [9.17, 15) is 4.79 Å². The second-order valence-corrected chi connectivity index (χ2v) is 4.08. The van der Waals surface area contributed by atoms with Crippen molar-refractivity contribution in [2.45, 2.75) is 6.92 Å². The van der Waals surface area contributed by atoms with Gasteiger partial charge >= 0.3 is 0 Å². The largest absolute Gasteiger partial charge is 0.454 e. The van der Waals surface area contributed by atoms with Gasteiger partial charge in [-0.2, -0.15) is 5.10 Å². The summed E-state index contributed by atoms with van der Waals surface area (Å²) in [6.45, 7) is 2.02. The maximum atomic E-state index is 11.9. The molecule has 2 aromatic rings. The van der Waals surface area contributed by atoms with E-state index in [1.807, 2.05) is 6.92 Å². The summed E-state index contributed by atoms with van der Waals surface area (Å²) in [5.74, 6) is 0.979. The summed E-state index contributed by atoms with van der Waals surface area (Å²) in [6.07, 6.45) is 0. The highest BCUT2D eigenvalue weighted by molar-refractivity contribution is 6.02. The van der Waals surface area contributed by atoms with Crippen LogP contribution in [0.4, 0.5) is 5.69 Å². The van der Waals surface area contributed by atoms with E-state index in [4.69, 9.17) is 9.47 Å². The van der Waals surface area contributed by atoms with Crippen molar-refractivity contribution in [3.8, 4) is 11.5 Å². The number of rotatable bonds is 2. The zero-order valence-electron chi connectivity index (χ0n) is 10.2. The van der Waals surface area contributed by atoms with Crippen molar-refractivity contribution >= 4 is 11.6 Å². The number of carbonyl (C=O) groups excluding carboxylic acids is 1. The number of nitrogens with one attached hydrogen (secondary N) is 1. The van der Waals surface area contributed by atoms with E-state index in [0.717, 1.165) is 5.69 Å². The zero-order chi connectivity index (χ0) is 13.2. The van der Waals surface area contributed by atoms with Crippen LogP contribution < -0.4 is 14.8 Å². The zero-order valence-corrected chi connectivity index (χ0v) is 10.2. The average Bonchev–Trinajstić information content (AvgIpc) is 2.87. The van der Waals surface area contributed by atoms with Crippen LogP contribution in [0.3, 0.4) is 0 Å². The molecule has 19 heavy (non-hydrogen) atoms. The molecule has 1 amide bonds. The summed E-state index contributed by atoms with van der Waals surface area (Å²) >= 11 is 0. The lowest BCUT2D eigenvalue weighted by Gasteiger charge is -2.05. The number of hydrogen-bond donors (Lipinski definition) is 1. The number of aromatic nitrogens is 2. The first-order chi connectivity index (χ1) is 9.22. The third kappa shape index (κ3) is 2.33. The molecule has 0 atom stereocenters. The Morgan fingerprint density at radius 3 is 2.79 bits per heavy atom. The number of nitrogens with zero attached hydrogens (tertiary/aromatic N) is 2. The van der Waals surface area contributed by atoms with Gasteiger partial charge in [0.05, 0.1) is 5.69 Å². The molecule has 6 nitrogen and oxygen atoms in total. The van der Waals surface area contributed by atoms with Crippen molar-refractivity contribution in [3.63, 3.8) is 0 Å². The molecule has 0 unspecified atom stereocenters. The van der Waals surface area contributed by atoms with Crippen LogP contribution in [-0.2, 0) is 0 Å². The summed E-state index contributed by atoms with van der Waals surface area (Å²) in [5, 5.41) is 10.4. The van der Waals surface area contributed by atoms with Crippen molar-refractivity contribution in [1.29, 1.82) is 0 Å². The SMILES string of the molecule is Cc1ccc(C(=O)Nc2ccc3c(c2)OCO3)nn1. The Balaban J connectivity index is 1.77. The van der Waals surface area contributed by atoms with Gasteiger partial charge < -0.3 is 14.8 Å². The van der Waals surface area contributed by atoms with E-state index in [0.29, 0.717) is 17.2 Å². The lowest BCUT2D eigenvalue weighted by molar-refractivity contribution is 0.102. The fraction of sp³-hybridized carbons (Fsp3) is 0.154. The van der Waals surface area contributed by atoms with E-state index < -0.39 is 0 Å². The summed E-state index contributed by atoms with van der Waals surface area (Å²) in [6, 6.07) is 8.57. The van der Waals surface area contributed by atoms with Crippen LogP contribution in [0.25, 0.3) is 0 Å². The first kappa shape index (κ1) is 11.5.